The normalized spacial score (nSPS) is 40.7. The molecule has 1 unspecified atom stereocenters. The monoisotopic (exact) mass is 210 g/mol. The van der Waals surface area contributed by atoms with E-state index in [1.807, 2.05) is 4.90 Å². The first-order valence-corrected chi connectivity index (χ1v) is 5.98. The lowest BCUT2D eigenvalue weighted by atomic mass is 9.88. The third kappa shape index (κ3) is 1.76. The van der Waals surface area contributed by atoms with Gasteiger partial charge in [0.25, 0.3) is 0 Å². The Bertz CT molecular complexity index is 272. The Kier molecular flexibility index (Phi) is 2.21. The van der Waals surface area contributed by atoms with Crippen molar-refractivity contribution in [1.82, 2.24) is 10.2 Å². The topological polar surface area (TPSA) is 52.6 Å². The highest BCUT2D eigenvalue weighted by atomic mass is 16.3. The van der Waals surface area contributed by atoms with Gasteiger partial charge in [-0.05, 0) is 32.1 Å². The first-order valence-electron chi connectivity index (χ1n) is 5.98. The Morgan fingerprint density at radius 2 is 2.00 bits per heavy atom. The van der Waals surface area contributed by atoms with E-state index in [-0.39, 0.29) is 18.1 Å². The summed E-state index contributed by atoms with van der Waals surface area (Å²) in [6.07, 6.45) is 4.79. The highest BCUT2D eigenvalue weighted by molar-refractivity contribution is 5.84. The van der Waals surface area contributed by atoms with Gasteiger partial charge in [-0.15, -0.1) is 0 Å². The van der Waals surface area contributed by atoms with Crippen molar-refractivity contribution in [2.24, 2.45) is 0 Å². The molecule has 0 radical (unpaired) electrons. The summed E-state index contributed by atoms with van der Waals surface area (Å²) in [5.74, 6) is 0.263. The fraction of sp³-hybridized carbons (Fsp3) is 0.909. The fourth-order valence-electron chi connectivity index (χ4n) is 2.57. The van der Waals surface area contributed by atoms with Crippen LogP contribution in [0.3, 0.4) is 0 Å². The van der Waals surface area contributed by atoms with Crippen molar-refractivity contribution in [3.05, 3.63) is 0 Å². The van der Waals surface area contributed by atoms with E-state index in [1.165, 1.54) is 12.8 Å². The predicted molar refractivity (Wildman–Crippen MR) is 55.3 cm³/mol. The van der Waals surface area contributed by atoms with Crippen LogP contribution in [-0.4, -0.2) is 46.7 Å². The van der Waals surface area contributed by atoms with E-state index in [2.05, 4.69) is 5.32 Å². The quantitative estimate of drug-likeness (QED) is 0.682. The zero-order valence-corrected chi connectivity index (χ0v) is 8.85. The van der Waals surface area contributed by atoms with Gasteiger partial charge >= 0.3 is 0 Å². The summed E-state index contributed by atoms with van der Waals surface area (Å²) in [5, 5.41) is 12.6. The van der Waals surface area contributed by atoms with E-state index in [4.69, 9.17) is 0 Å². The molecule has 3 aliphatic rings. The largest absolute Gasteiger partial charge is 0.393 e. The molecule has 0 spiro atoms. The molecule has 2 N–H and O–H groups in total. The lowest BCUT2D eigenvalue weighted by Gasteiger charge is -2.38. The number of carbonyl (C=O) groups is 1. The maximum atomic E-state index is 12.0. The highest BCUT2D eigenvalue weighted by Gasteiger charge is 2.42. The van der Waals surface area contributed by atoms with Gasteiger partial charge in [-0.2, -0.15) is 0 Å². The molecule has 84 valence electrons. The van der Waals surface area contributed by atoms with Crippen LogP contribution in [0.15, 0.2) is 0 Å². The molecule has 3 fully saturated rings. The maximum Gasteiger partial charge on any atom is 0.240 e. The molecule has 3 rings (SSSR count). The van der Waals surface area contributed by atoms with Crippen molar-refractivity contribution in [3.8, 4) is 0 Å². The van der Waals surface area contributed by atoms with Gasteiger partial charge in [0.15, 0.2) is 0 Å². The number of likely N-dealkylation sites (tertiary alicyclic amines) is 1. The number of nitrogens with one attached hydrogen (secondary N) is 1. The fourth-order valence-corrected chi connectivity index (χ4v) is 2.57. The van der Waals surface area contributed by atoms with Gasteiger partial charge < -0.3 is 15.3 Å². The molecule has 2 aliphatic carbocycles. The van der Waals surface area contributed by atoms with Crippen LogP contribution in [-0.2, 0) is 4.79 Å². The first kappa shape index (κ1) is 9.60. The zero-order chi connectivity index (χ0) is 10.4. The maximum absolute atomic E-state index is 12.0. The third-order valence-corrected chi connectivity index (χ3v) is 3.78. The SMILES string of the molecule is O=C1C(NC2CC2)CCN1C1CC(O)C1. The van der Waals surface area contributed by atoms with Crippen molar-refractivity contribution in [1.29, 1.82) is 0 Å². The number of amides is 1. The van der Waals surface area contributed by atoms with Crippen LogP contribution in [0, 0.1) is 0 Å². The number of carbonyl (C=O) groups excluding carboxylic acids is 1. The molecule has 0 aromatic rings. The zero-order valence-electron chi connectivity index (χ0n) is 8.85. The van der Waals surface area contributed by atoms with Crippen LogP contribution < -0.4 is 5.32 Å². The van der Waals surface area contributed by atoms with Gasteiger partial charge in [0.1, 0.15) is 0 Å². The van der Waals surface area contributed by atoms with Crippen LogP contribution in [0.4, 0.5) is 0 Å². The Hall–Kier alpha value is -0.610. The lowest BCUT2D eigenvalue weighted by Crippen LogP contribution is -2.50. The van der Waals surface area contributed by atoms with Gasteiger partial charge in [0, 0.05) is 18.6 Å². The lowest BCUT2D eigenvalue weighted by molar-refractivity contribution is -0.135. The summed E-state index contributed by atoms with van der Waals surface area (Å²) < 4.78 is 0. The number of aliphatic hydroxyl groups excluding tert-OH is 1. The van der Waals surface area contributed by atoms with E-state index in [9.17, 15) is 9.90 Å². The van der Waals surface area contributed by atoms with E-state index >= 15 is 0 Å². The average molecular weight is 210 g/mol. The van der Waals surface area contributed by atoms with Gasteiger partial charge in [-0.25, -0.2) is 0 Å². The first-order chi connectivity index (χ1) is 7.24. The van der Waals surface area contributed by atoms with Gasteiger partial charge in [0.2, 0.25) is 5.91 Å². The summed E-state index contributed by atoms with van der Waals surface area (Å²) in [6, 6.07) is 0.986. The van der Waals surface area contributed by atoms with E-state index in [0.29, 0.717) is 12.1 Å². The van der Waals surface area contributed by atoms with Crippen molar-refractivity contribution in [3.63, 3.8) is 0 Å². The van der Waals surface area contributed by atoms with Gasteiger partial charge in [-0.1, -0.05) is 0 Å². The van der Waals surface area contributed by atoms with Crippen molar-refractivity contribution in [2.45, 2.75) is 56.3 Å². The minimum Gasteiger partial charge on any atom is -0.393 e. The van der Waals surface area contributed by atoms with Crippen LogP contribution in [0.25, 0.3) is 0 Å². The standard InChI is InChI=1S/C11H18N2O2/c14-9-5-8(6-9)13-4-3-10(11(13)15)12-7-1-2-7/h7-10,12,14H,1-6H2. The van der Waals surface area contributed by atoms with Crippen molar-refractivity contribution < 1.29 is 9.90 Å². The van der Waals surface area contributed by atoms with Gasteiger partial charge in [0.05, 0.1) is 12.1 Å². The average Bonchev–Trinajstić information content (AvgIpc) is 2.90. The Morgan fingerprint density at radius 1 is 1.27 bits per heavy atom. The summed E-state index contributed by atoms with van der Waals surface area (Å²) in [4.78, 5) is 14.0. The molecule has 0 aromatic heterocycles. The Labute approximate surface area is 89.6 Å². The number of hydrogen-bond acceptors (Lipinski definition) is 3. The van der Waals surface area contributed by atoms with E-state index in [1.54, 1.807) is 0 Å². The van der Waals surface area contributed by atoms with Crippen LogP contribution in [0.1, 0.15) is 32.1 Å². The Balaban J connectivity index is 1.55. The van der Waals surface area contributed by atoms with Crippen molar-refractivity contribution >= 4 is 5.91 Å². The highest BCUT2D eigenvalue weighted by Crippen LogP contribution is 2.30. The predicted octanol–water partition coefficient (Wildman–Crippen LogP) is -0.137. The summed E-state index contributed by atoms with van der Waals surface area (Å²) in [5.41, 5.74) is 0. The van der Waals surface area contributed by atoms with Crippen LogP contribution in [0.2, 0.25) is 0 Å². The number of rotatable bonds is 3. The van der Waals surface area contributed by atoms with E-state index in [0.717, 1.165) is 25.8 Å². The second-order valence-corrected chi connectivity index (χ2v) is 5.09. The third-order valence-electron chi connectivity index (χ3n) is 3.78. The molecule has 0 bridgehead atoms. The van der Waals surface area contributed by atoms with Crippen molar-refractivity contribution in [2.75, 3.05) is 6.54 Å². The smallest absolute Gasteiger partial charge is 0.240 e. The molecule has 4 nitrogen and oxygen atoms in total. The minimum absolute atomic E-state index is 0.0650. The molecule has 1 heterocycles. The second-order valence-electron chi connectivity index (χ2n) is 5.09. The molecule has 1 amide bonds. The summed E-state index contributed by atoms with van der Waals surface area (Å²) in [7, 11) is 0. The molecule has 2 saturated carbocycles. The number of hydrogen-bond donors (Lipinski definition) is 2. The summed E-state index contributed by atoms with van der Waals surface area (Å²) >= 11 is 0. The van der Waals surface area contributed by atoms with E-state index < -0.39 is 0 Å². The molecule has 4 heteroatoms. The molecule has 0 aromatic carbocycles. The van der Waals surface area contributed by atoms with Crippen LogP contribution >= 0.6 is 0 Å². The van der Waals surface area contributed by atoms with Gasteiger partial charge in [-0.3, -0.25) is 4.79 Å². The minimum atomic E-state index is -0.168. The second kappa shape index (κ2) is 3.46. The molecule has 15 heavy (non-hydrogen) atoms. The number of aliphatic hydroxyl groups is 1. The molecular weight excluding hydrogens is 192 g/mol. The molecule has 1 atom stereocenters. The van der Waals surface area contributed by atoms with Crippen LogP contribution in [0.5, 0.6) is 0 Å². The Morgan fingerprint density at radius 3 is 2.60 bits per heavy atom. The molecule has 1 aliphatic heterocycles. The number of nitrogens with zero attached hydrogens (tertiary/aromatic N) is 1. The molecular formula is C11H18N2O2. The molecule has 1 saturated heterocycles. The summed E-state index contributed by atoms with van der Waals surface area (Å²) in [6.45, 7) is 0.876.